The predicted octanol–water partition coefficient (Wildman–Crippen LogP) is 5.25. The van der Waals surface area contributed by atoms with Crippen LogP contribution in [0.5, 0.6) is 0 Å². The Bertz CT molecular complexity index is 764. The van der Waals surface area contributed by atoms with Crippen LogP contribution in [0.4, 0.5) is 11.5 Å². The molecule has 0 aliphatic heterocycles. The number of anilines is 2. The second kappa shape index (κ2) is 5.14. The monoisotopic (exact) mass is 282 g/mol. The molecule has 3 rings (SSSR count). The lowest BCUT2D eigenvalue weighted by molar-refractivity contribution is 1.29. The molecular weight excluding hydrogens is 268 g/mol. The first-order chi connectivity index (χ1) is 9.63. The van der Waals surface area contributed by atoms with Gasteiger partial charge in [-0.25, -0.2) is 4.98 Å². The molecule has 3 heteroatoms. The highest BCUT2D eigenvalue weighted by atomic mass is 35.5. The number of pyridine rings is 1. The van der Waals surface area contributed by atoms with Crippen LogP contribution in [-0.2, 0) is 0 Å². The number of para-hydroxylation sites is 1. The van der Waals surface area contributed by atoms with Crippen molar-refractivity contribution in [1.82, 2.24) is 4.98 Å². The van der Waals surface area contributed by atoms with Gasteiger partial charge >= 0.3 is 0 Å². The molecular formula is C17H15ClN2. The lowest BCUT2D eigenvalue weighted by atomic mass is 10.1. The molecule has 0 saturated carbocycles. The smallest absolute Gasteiger partial charge is 0.134 e. The fourth-order valence-electron chi connectivity index (χ4n) is 2.25. The zero-order valence-corrected chi connectivity index (χ0v) is 12.2. The van der Waals surface area contributed by atoms with Gasteiger partial charge in [0.15, 0.2) is 0 Å². The Morgan fingerprint density at radius 2 is 1.70 bits per heavy atom. The highest BCUT2D eigenvalue weighted by molar-refractivity contribution is 6.30. The van der Waals surface area contributed by atoms with E-state index in [1.807, 2.05) is 24.3 Å². The Morgan fingerprint density at radius 3 is 2.45 bits per heavy atom. The van der Waals surface area contributed by atoms with Crippen molar-refractivity contribution in [2.75, 3.05) is 5.32 Å². The number of hydrogen-bond acceptors (Lipinski definition) is 2. The second-order valence-electron chi connectivity index (χ2n) is 4.93. The van der Waals surface area contributed by atoms with Crippen LogP contribution < -0.4 is 5.32 Å². The summed E-state index contributed by atoms with van der Waals surface area (Å²) >= 11 is 5.90. The summed E-state index contributed by atoms with van der Waals surface area (Å²) in [6, 6.07) is 16.0. The molecule has 20 heavy (non-hydrogen) atoms. The molecule has 3 aromatic rings. The summed E-state index contributed by atoms with van der Waals surface area (Å²) in [5, 5.41) is 5.25. The first-order valence-electron chi connectivity index (χ1n) is 6.53. The van der Waals surface area contributed by atoms with Crippen LogP contribution in [-0.4, -0.2) is 4.98 Å². The maximum Gasteiger partial charge on any atom is 0.134 e. The number of rotatable bonds is 2. The molecule has 1 N–H and O–H groups in total. The van der Waals surface area contributed by atoms with E-state index in [1.54, 1.807) is 0 Å². The minimum atomic E-state index is 0.731. The van der Waals surface area contributed by atoms with Gasteiger partial charge in [0.25, 0.3) is 0 Å². The zero-order valence-electron chi connectivity index (χ0n) is 11.4. The average Bonchev–Trinajstić information content (AvgIpc) is 2.43. The zero-order chi connectivity index (χ0) is 14.1. The lowest BCUT2D eigenvalue weighted by Crippen LogP contribution is -1.97. The van der Waals surface area contributed by atoms with Crippen LogP contribution in [0.1, 0.15) is 11.1 Å². The van der Waals surface area contributed by atoms with E-state index < -0.39 is 0 Å². The summed E-state index contributed by atoms with van der Waals surface area (Å²) < 4.78 is 0. The Labute approximate surface area is 123 Å². The van der Waals surface area contributed by atoms with E-state index >= 15 is 0 Å². The van der Waals surface area contributed by atoms with Crippen molar-refractivity contribution in [2.45, 2.75) is 13.8 Å². The van der Waals surface area contributed by atoms with Crippen LogP contribution in [0.25, 0.3) is 10.9 Å². The van der Waals surface area contributed by atoms with Crippen LogP contribution in [0, 0.1) is 13.8 Å². The normalized spacial score (nSPS) is 10.8. The van der Waals surface area contributed by atoms with Crippen molar-refractivity contribution in [1.29, 1.82) is 0 Å². The van der Waals surface area contributed by atoms with Gasteiger partial charge in [-0.05, 0) is 55.3 Å². The second-order valence-corrected chi connectivity index (χ2v) is 5.37. The molecule has 100 valence electrons. The van der Waals surface area contributed by atoms with Gasteiger partial charge in [-0.15, -0.1) is 0 Å². The summed E-state index contributed by atoms with van der Waals surface area (Å²) in [4.78, 5) is 4.75. The number of halogens is 1. The van der Waals surface area contributed by atoms with Crippen LogP contribution in [0.3, 0.4) is 0 Å². The van der Waals surface area contributed by atoms with Crippen LogP contribution in [0.15, 0.2) is 48.5 Å². The van der Waals surface area contributed by atoms with E-state index in [1.165, 1.54) is 10.9 Å². The van der Waals surface area contributed by atoms with Crippen LogP contribution in [0.2, 0.25) is 5.02 Å². The van der Waals surface area contributed by atoms with Crippen molar-refractivity contribution < 1.29 is 0 Å². The van der Waals surface area contributed by atoms with Crippen molar-refractivity contribution in [3.63, 3.8) is 0 Å². The number of benzene rings is 2. The molecule has 0 spiro atoms. The highest BCUT2D eigenvalue weighted by Crippen LogP contribution is 2.25. The predicted molar refractivity (Wildman–Crippen MR) is 86.0 cm³/mol. The molecule has 0 amide bonds. The topological polar surface area (TPSA) is 24.9 Å². The molecule has 0 atom stereocenters. The quantitative estimate of drug-likeness (QED) is 0.694. The fraction of sp³-hybridized carbons (Fsp3) is 0.118. The number of nitrogens with one attached hydrogen (secondary N) is 1. The van der Waals surface area contributed by atoms with E-state index in [2.05, 4.69) is 43.4 Å². The molecule has 2 aromatic carbocycles. The largest absolute Gasteiger partial charge is 0.340 e. The number of hydrogen-bond donors (Lipinski definition) is 1. The van der Waals surface area contributed by atoms with Gasteiger partial charge in [-0.1, -0.05) is 29.8 Å². The number of aryl methyl sites for hydroxylation is 2. The molecule has 0 unspecified atom stereocenters. The Morgan fingerprint density at radius 1 is 0.950 bits per heavy atom. The number of fused-ring (bicyclic) bond motifs is 1. The van der Waals surface area contributed by atoms with E-state index in [-0.39, 0.29) is 0 Å². The SMILES string of the molecule is Cc1cc2cccc(C)c2nc1Nc1ccc(Cl)cc1. The molecule has 1 heterocycles. The average molecular weight is 283 g/mol. The molecule has 0 aliphatic carbocycles. The summed E-state index contributed by atoms with van der Waals surface area (Å²) in [6.45, 7) is 4.14. The minimum Gasteiger partial charge on any atom is -0.340 e. The third kappa shape index (κ3) is 2.47. The van der Waals surface area contributed by atoms with Crippen molar-refractivity contribution >= 4 is 34.0 Å². The first kappa shape index (κ1) is 12.9. The molecule has 0 saturated heterocycles. The molecule has 0 aliphatic rings. The number of nitrogens with zero attached hydrogens (tertiary/aromatic N) is 1. The minimum absolute atomic E-state index is 0.731. The van der Waals surface area contributed by atoms with E-state index in [9.17, 15) is 0 Å². The number of aromatic nitrogens is 1. The van der Waals surface area contributed by atoms with E-state index in [0.29, 0.717) is 0 Å². The van der Waals surface area contributed by atoms with Gasteiger partial charge < -0.3 is 5.32 Å². The lowest BCUT2D eigenvalue weighted by Gasteiger charge is -2.11. The summed E-state index contributed by atoms with van der Waals surface area (Å²) in [6.07, 6.45) is 0. The van der Waals surface area contributed by atoms with Gasteiger partial charge in [0.1, 0.15) is 5.82 Å². The molecule has 0 radical (unpaired) electrons. The summed E-state index contributed by atoms with van der Waals surface area (Å²) in [7, 11) is 0. The molecule has 0 bridgehead atoms. The van der Waals surface area contributed by atoms with Gasteiger partial charge in [-0.3, -0.25) is 0 Å². The van der Waals surface area contributed by atoms with E-state index in [4.69, 9.17) is 16.6 Å². The van der Waals surface area contributed by atoms with Crippen molar-refractivity contribution in [3.05, 3.63) is 64.7 Å². The van der Waals surface area contributed by atoms with Gasteiger partial charge in [0.05, 0.1) is 5.52 Å². The van der Waals surface area contributed by atoms with Crippen molar-refractivity contribution in [2.24, 2.45) is 0 Å². The molecule has 1 aromatic heterocycles. The summed E-state index contributed by atoms with van der Waals surface area (Å²) in [5.41, 5.74) is 4.33. The Kier molecular flexibility index (Phi) is 3.33. The maximum atomic E-state index is 5.90. The highest BCUT2D eigenvalue weighted by Gasteiger charge is 2.05. The Hall–Kier alpha value is -2.06. The fourth-order valence-corrected chi connectivity index (χ4v) is 2.37. The standard InChI is InChI=1S/C17H15ClN2/c1-11-4-3-5-13-10-12(2)17(20-16(11)13)19-15-8-6-14(18)7-9-15/h3-10H,1-2H3,(H,19,20). The van der Waals surface area contributed by atoms with Crippen LogP contribution >= 0.6 is 11.6 Å². The van der Waals surface area contributed by atoms with Gasteiger partial charge in [0.2, 0.25) is 0 Å². The van der Waals surface area contributed by atoms with Gasteiger partial charge in [-0.2, -0.15) is 0 Å². The maximum absolute atomic E-state index is 5.90. The molecule has 0 fully saturated rings. The summed E-state index contributed by atoms with van der Waals surface area (Å²) in [5.74, 6) is 0.883. The molecule has 2 nitrogen and oxygen atoms in total. The third-order valence-electron chi connectivity index (χ3n) is 3.35. The van der Waals surface area contributed by atoms with E-state index in [0.717, 1.165) is 27.6 Å². The van der Waals surface area contributed by atoms with Gasteiger partial charge in [0, 0.05) is 16.1 Å². The Balaban J connectivity index is 2.05. The van der Waals surface area contributed by atoms with Crippen molar-refractivity contribution in [3.8, 4) is 0 Å². The first-order valence-corrected chi connectivity index (χ1v) is 6.91. The third-order valence-corrected chi connectivity index (χ3v) is 3.60.